The Balaban J connectivity index is 2.33. The van der Waals surface area contributed by atoms with E-state index in [0.717, 1.165) is 22.3 Å². The summed E-state index contributed by atoms with van der Waals surface area (Å²) >= 11 is 3.47. The van der Waals surface area contributed by atoms with Crippen LogP contribution in [0.25, 0.3) is 0 Å². The molecule has 0 aromatic carbocycles. The van der Waals surface area contributed by atoms with Crippen LogP contribution in [0.15, 0.2) is 21.5 Å². The minimum Gasteiger partial charge on any atom is -0.289 e. The molecule has 0 saturated carbocycles. The molecular weight excluding hydrogens is 320 g/mol. The lowest BCUT2D eigenvalue weighted by Gasteiger charge is -2.11. The topological polar surface area (TPSA) is 52.7 Å². The summed E-state index contributed by atoms with van der Waals surface area (Å²) in [6, 6.07) is 2.32. The fourth-order valence-electron chi connectivity index (χ4n) is 2.02. The van der Waals surface area contributed by atoms with Gasteiger partial charge in [0.1, 0.15) is 0 Å². The summed E-state index contributed by atoms with van der Waals surface area (Å²) in [4.78, 5) is 16.0. The summed E-state index contributed by atoms with van der Waals surface area (Å²) in [5.74, 6) is 0. The van der Waals surface area contributed by atoms with Gasteiger partial charge in [0, 0.05) is 17.9 Å². The van der Waals surface area contributed by atoms with E-state index in [1.165, 1.54) is 0 Å². The molecular formula is C14H19BrN4O. The first-order chi connectivity index (χ1) is 9.43. The zero-order valence-electron chi connectivity index (χ0n) is 12.2. The average Bonchev–Trinajstić information content (AvgIpc) is 2.89. The van der Waals surface area contributed by atoms with Crippen LogP contribution in [0.5, 0.6) is 0 Å². The summed E-state index contributed by atoms with van der Waals surface area (Å²) in [6.45, 7) is 8.42. The molecule has 0 aliphatic rings. The first-order valence-corrected chi connectivity index (χ1v) is 7.51. The fourth-order valence-corrected chi connectivity index (χ4v) is 2.32. The summed E-state index contributed by atoms with van der Waals surface area (Å²) in [5, 5.41) is 4.52. The van der Waals surface area contributed by atoms with Gasteiger partial charge in [-0.25, -0.2) is 4.79 Å². The minimum atomic E-state index is -0.235. The predicted octanol–water partition coefficient (Wildman–Crippen LogP) is 2.84. The molecule has 6 heteroatoms. The van der Waals surface area contributed by atoms with Crippen LogP contribution in [0, 0.1) is 13.8 Å². The third-order valence-corrected chi connectivity index (χ3v) is 4.71. The summed E-state index contributed by atoms with van der Waals surface area (Å²) in [7, 11) is 0. The Morgan fingerprint density at radius 2 is 2.10 bits per heavy atom. The highest BCUT2D eigenvalue weighted by molar-refractivity contribution is 9.10. The Morgan fingerprint density at radius 1 is 1.40 bits per heavy atom. The third kappa shape index (κ3) is 2.85. The second kappa shape index (κ2) is 5.91. The molecule has 108 valence electrons. The van der Waals surface area contributed by atoms with E-state index >= 15 is 0 Å². The van der Waals surface area contributed by atoms with Crippen LogP contribution in [0.4, 0.5) is 0 Å². The van der Waals surface area contributed by atoms with Gasteiger partial charge in [0.2, 0.25) is 0 Å². The summed E-state index contributed by atoms with van der Waals surface area (Å²) < 4.78 is 4.45. The molecule has 0 aliphatic heterocycles. The maximum absolute atomic E-state index is 12.0. The van der Waals surface area contributed by atoms with Crippen molar-refractivity contribution in [3.63, 3.8) is 0 Å². The summed E-state index contributed by atoms with van der Waals surface area (Å²) in [6.07, 6.45) is 2.98. The van der Waals surface area contributed by atoms with Crippen molar-refractivity contribution in [1.29, 1.82) is 0 Å². The molecule has 5 nitrogen and oxygen atoms in total. The quantitative estimate of drug-likeness (QED) is 0.861. The minimum absolute atomic E-state index is 0.235. The van der Waals surface area contributed by atoms with Crippen molar-refractivity contribution < 1.29 is 0 Å². The molecule has 1 atom stereocenters. The van der Waals surface area contributed by atoms with Gasteiger partial charge in [-0.1, -0.05) is 6.92 Å². The van der Waals surface area contributed by atoms with Crippen molar-refractivity contribution in [3.8, 4) is 0 Å². The molecule has 2 rings (SSSR count). The van der Waals surface area contributed by atoms with E-state index < -0.39 is 0 Å². The molecule has 20 heavy (non-hydrogen) atoms. The number of rotatable bonds is 4. The number of hydrogen-bond donors (Lipinski definition) is 0. The first kappa shape index (κ1) is 15.0. The molecule has 0 radical (unpaired) electrons. The van der Waals surface area contributed by atoms with Crippen LogP contribution in [0.3, 0.4) is 0 Å². The number of aromatic nitrogens is 4. The van der Waals surface area contributed by atoms with Gasteiger partial charge in [0.15, 0.2) is 0 Å². The van der Waals surface area contributed by atoms with Gasteiger partial charge < -0.3 is 0 Å². The van der Waals surface area contributed by atoms with Gasteiger partial charge in [-0.15, -0.1) is 0 Å². The molecule has 0 saturated heterocycles. The fraction of sp³-hybridized carbons (Fsp3) is 0.500. The number of hydrogen-bond acceptors (Lipinski definition) is 3. The van der Waals surface area contributed by atoms with Crippen molar-refractivity contribution in [2.45, 2.75) is 46.7 Å². The largest absolute Gasteiger partial charge is 0.348 e. The molecule has 2 heterocycles. The van der Waals surface area contributed by atoms with Crippen molar-refractivity contribution >= 4 is 15.9 Å². The molecule has 1 unspecified atom stereocenters. The smallest absolute Gasteiger partial charge is 0.289 e. The van der Waals surface area contributed by atoms with Crippen molar-refractivity contribution in [1.82, 2.24) is 19.3 Å². The zero-order chi connectivity index (χ0) is 14.9. The molecule has 2 aromatic heterocycles. The molecule has 0 N–H and O–H groups in total. The van der Waals surface area contributed by atoms with E-state index in [1.807, 2.05) is 30.8 Å². The van der Waals surface area contributed by atoms with Crippen LogP contribution in [0.2, 0.25) is 0 Å². The maximum atomic E-state index is 12.0. The van der Waals surface area contributed by atoms with E-state index in [4.69, 9.17) is 0 Å². The van der Waals surface area contributed by atoms with Gasteiger partial charge in [-0.05, 0) is 49.2 Å². The van der Waals surface area contributed by atoms with Crippen molar-refractivity contribution in [3.05, 3.63) is 44.3 Å². The molecule has 0 bridgehead atoms. The normalized spacial score (nSPS) is 12.7. The van der Waals surface area contributed by atoms with E-state index in [1.54, 1.807) is 4.57 Å². The zero-order valence-corrected chi connectivity index (χ0v) is 13.8. The SMILES string of the molecule is CCC(C)n1ccc(Cn2c(C)c(Br)c(C)nc2=O)n1. The predicted molar refractivity (Wildman–Crippen MR) is 82.0 cm³/mol. The van der Waals surface area contributed by atoms with Crippen molar-refractivity contribution in [2.75, 3.05) is 0 Å². The van der Waals surface area contributed by atoms with E-state index in [2.05, 4.69) is 39.9 Å². The average molecular weight is 339 g/mol. The Labute approximate surface area is 126 Å². The molecule has 0 fully saturated rings. The standard InChI is InChI=1S/C14H19BrN4O/c1-5-9(2)19-7-6-12(17-19)8-18-11(4)13(15)10(3)16-14(18)20/h6-7,9H,5,8H2,1-4H3. The lowest BCUT2D eigenvalue weighted by Crippen LogP contribution is -2.27. The summed E-state index contributed by atoms with van der Waals surface area (Å²) in [5.41, 5.74) is 2.23. The van der Waals surface area contributed by atoms with Crippen LogP contribution in [0.1, 0.15) is 43.4 Å². The van der Waals surface area contributed by atoms with Crippen molar-refractivity contribution in [2.24, 2.45) is 0 Å². The second-order valence-corrected chi connectivity index (χ2v) is 5.80. The van der Waals surface area contributed by atoms with Gasteiger partial charge in [0.25, 0.3) is 0 Å². The maximum Gasteiger partial charge on any atom is 0.348 e. The molecule has 0 spiro atoms. The molecule has 2 aromatic rings. The van der Waals surface area contributed by atoms with Crippen LogP contribution in [-0.4, -0.2) is 19.3 Å². The Morgan fingerprint density at radius 3 is 2.75 bits per heavy atom. The Hall–Kier alpha value is -1.43. The monoisotopic (exact) mass is 338 g/mol. The van der Waals surface area contributed by atoms with Crippen LogP contribution < -0.4 is 5.69 Å². The molecule has 0 aliphatic carbocycles. The van der Waals surface area contributed by atoms with Gasteiger partial charge in [-0.3, -0.25) is 9.25 Å². The number of halogens is 1. The third-order valence-electron chi connectivity index (χ3n) is 3.56. The first-order valence-electron chi connectivity index (χ1n) is 6.71. The lowest BCUT2D eigenvalue weighted by atomic mass is 10.3. The lowest BCUT2D eigenvalue weighted by molar-refractivity contribution is 0.471. The van der Waals surface area contributed by atoms with Gasteiger partial charge >= 0.3 is 5.69 Å². The Bertz CT molecular complexity index is 674. The number of nitrogens with zero attached hydrogens (tertiary/aromatic N) is 4. The van der Waals surface area contributed by atoms with Gasteiger partial charge in [0.05, 0.1) is 22.4 Å². The van der Waals surface area contributed by atoms with Crippen LogP contribution >= 0.6 is 15.9 Å². The molecule has 0 amide bonds. The Kier molecular flexibility index (Phi) is 4.42. The van der Waals surface area contributed by atoms with Gasteiger partial charge in [-0.2, -0.15) is 10.1 Å². The highest BCUT2D eigenvalue weighted by Crippen LogP contribution is 2.17. The second-order valence-electron chi connectivity index (χ2n) is 5.01. The highest BCUT2D eigenvalue weighted by Gasteiger charge is 2.11. The van der Waals surface area contributed by atoms with Crippen LogP contribution in [-0.2, 0) is 6.54 Å². The van der Waals surface area contributed by atoms with E-state index in [-0.39, 0.29) is 5.69 Å². The highest BCUT2D eigenvalue weighted by atomic mass is 79.9. The van der Waals surface area contributed by atoms with E-state index in [0.29, 0.717) is 18.3 Å². The number of aryl methyl sites for hydroxylation is 1. The van der Waals surface area contributed by atoms with E-state index in [9.17, 15) is 4.79 Å².